The van der Waals surface area contributed by atoms with Crippen molar-refractivity contribution < 1.29 is 12.8 Å². The number of sulfonamides is 1. The van der Waals surface area contributed by atoms with Crippen molar-refractivity contribution >= 4 is 32.9 Å². The van der Waals surface area contributed by atoms with Gasteiger partial charge in [0, 0.05) is 0 Å². The van der Waals surface area contributed by atoms with Crippen LogP contribution in [0.5, 0.6) is 0 Å². The zero-order valence-electron chi connectivity index (χ0n) is 10.3. The highest BCUT2D eigenvalue weighted by atomic mass is 32.2. The van der Waals surface area contributed by atoms with Crippen LogP contribution in [0.2, 0.25) is 0 Å². The number of hydrogen-bond acceptors (Lipinski definition) is 4. The maximum atomic E-state index is 13.7. The van der Waals surface area contributed by atoms with E-state index in [4.69, 9.17) is 18.0 Å². The number of hydrogen-bond donors (Lipinski definition) is 3. The summed E-state index contributed by atoms with van der Waals surface area (Å²) >= 11 is 4.73. The van der Waals surface area contributed by atoms with Crippen LogP contribution < -0.4 is 10.5 Å². The van der Waals surface area contributed by atoms with E-state index in [9.17, 15) is 12.8 Å². The van der Waals surface area contributed by atoms with Gasteiger partial charge in [0.15, 0.2) is 5.03 Å². The van der Waals surface area contributed by atoms with Crippen molar-refractivity contribution in [1.29, 1.82) is 0 Å². The summed E-state index contributed by atoms with van der Waals surface area (Å²) < 4.78 is 40.1. The molecule has 0 spiro atoms. The number of benzene rings is 1. The number of nitrogens with two attached hydrogens (primary N) is 1. The average molecular weight is 314 g/mol. The third kappa shape index (κ3) is 2.78. The smallest absolute Gasteiger partial charge is 0.279 e. The van der Waals surface area contributed by atoms with E-state index < -0.39 is 15.8 Å². The van der Waals surface area contributed by atoms with Gasteiger partial charge in [-0.25, -0.2) is 9.37 Å². The molecule has 2 aromatic rings. The number of rotatable bonds is 4. The summed E-state index contributed by atoms with van der Waals surface area (Å²) in [5, 5.41) is -0.131. The van der Waals surface area contributed by atoms with Crippen LogP contribution in [0.1, 0.15) is 11.4 Å². The second-order valence-corrected chi connectivity index (χ2v) is 6.06. The number of imidazole rings is 1. The molecule has 20 heavy (non-hydrogen) atoms. The van der Waals surface area contributed by atoms with Gasteiger partial charge in [0.2, 0.25) is 0 Å². The van der Waals surface area contributed by atoms with E-state index in [1.165, 1.54) is 12.1 Å². The Kier molecular flexibility index (Phi) is 3.73. The lowest BCUT2D eigenvalue weighted by Crippen LogP contribution is -2.19. The summed E-state index contributed by atoms with van der Waals surface area (Å²) in [4.78, 5) is 6.15. The Hall–Kier alpha value is -2.00. The van der Waals surface area contributed by atoms with Gasteiger partial charge in [-0.15, -0.1) is 0 Å². The van der Waals surface area contributed by atoms with E-state index in [0.717, 1.165) is 12.3 Å². The zero-order chi connectivity index (χ0) is 14.9. The van der Waals surface area contributed by atoms with Gasteiger partial charge in [0.05, 0.1) is 17.4 Å². The maximum Gasteiger partial charge on any atom is 0.279 e. The molecule has 0 unspecified atom stereocenters. The molecular formula is C11H11FN4O2S2. The fourth-order valence-electron chi connectivity index (χ4n) is 1.59. The SMILES string of the molecule is Cc1ncc(S(=O)(=O)Nc2cccc(F)c2C(N)=S)[nH]1. The van der Waals surface area contributed by atoms with Crippen LogP contribution in [0.25, 0.3) is 0 Å². The maximum absolute atomic E-state index is 13.7. The van der Waals surface area contributed by atoms with Crippen molar-refractivity contribution in [2.45, 2.75) is 11.9 Å². The lowest BCUT2D eigenvalue weighted by Gasteiger charge is -2.11. The Morgan fingerprint density at radius 1 is 1.50 bits per heavy atom. The normalized spacial score (nSPS) is 11.3. The summed E-state index contributed by atoms with van der Waals surface area (Å²) in [6, 6.07) is 3.87. The lowest BCUT2D eigenvalue weighted by molar-refractivity contribution is 0.598. The van der Waals surface area contributed by atoms with Crippen LogP contribution in [0.15, 0.2) is 29.4 Å². The Labute approximate surface area is 120 Å². The predicted molar refractivity (Wildman–Crippen MR) is 76.4 cm³/mol. The standard InChI is InChI=1S/C11H11FN4O2S2/c1-6-14-5-9(15-6)20(17,18)16-8-4-2-3-7(12)10(8)11(13)19/h2-5,16H,1H3,(H2,13,19)(H,14,15). The van der Waals surface area contributed by atoms with Crippen molar-refractivity contribution in [3.8, 4) is 0 Å². The fourth-order valence-corrected chi connectivity index (χ4v) is 2.84. The molecule has 9 heteroatoms. The Morgan fingerprint density at radius 2 is 2.20 bits per heavy atom. The van der Waals surface area contributed by atoms with Crippen LogP contribution in [0.4, 0.5) is 10.1 Å². The second kappa shape index (κ2) is 5.17. The number of aromatic amines is 1. The Bertz CT molecular complexity index is 770. The van der Waals surface area contributed by atoms with Crippen molar-refractivity contribution in [1.82, 2.24) is 9.97 Å². The van der Waals surface area contributed by atoms with Gasteiger partial charge in [-0.2, -0.15) is 8.42 Å². The van der Waals surface area contributed by atoms with Gasteiger partial charge in [0.1, 0.15) is 16.6 Å². The molecule has 0 aliphatic carbocycles. The zero-order valence-corrected chi connectivity index (χ0v) is 12.0. The quantitative estimate of drug-likeness (QED) is 0.738. The van der Waals surface area contributed by atoms with E-state index in [2.05, 4.69) is 14.7 Å². The molecular weight excluding hydrogens is 303 g/mol. The molecule has 0 amide bonds. The summed E-state index contributed by atoms with van der Waals surface area (Å²) in [5.41, 5.74) is 5.24. The lowest BCUT2D eigenvalue weighted by atomic mass is 10.2. The van der Waals surface area contributed by atoms with Crippen molar-refractivity contribution in [3.05, 3.63) is 41.6 Å². The molecule has 0 aliphatic heterocycles. The minimum Gasteiger partial charge on any atom is -0.389 e. The van der Waals surface area contributed by atoms with Gasteiger partial charge in [-0.3, -0.25) is 4.72 Å². The first-order valence-corrected chi connectivity index (χ1v) is 7.33. The topological polar surface area (TPSA) is 101 Å². The minimum atomic E-state index is -3.92. The third-order valence-electron chi connectivity index (χ3n) is 2.47. The molecule has 0 aliphatic rings. The molecule has 6 nitrogen and oxygen atoms in total. The highest BCUT2D eigenvalue weighted by Gasteiger charge is 2.20. The number of thiocarbonyl (C=S) groups is 1. The Balaban J connectivity index is 2.45. The van der Waals surface area contributed by atoms with E-state index in [-0.39, 0.29) is 21.3 Å². The molecule has 0 saturated carbocycles. The number of halogens is 1. The van der Waals surface area contributed by atoms with Crippen LogP contribution in [0.3, 0.4) is 0 Å². The fraction of sp³-hybridized carbons (Fsp3) is 0.0909. The van der Waals surface area contributed by atoms with Crippen molar-refractivity contribution in [3.63, 3.8) is 0 Å². The molecule has 0 bridgehead atoms. The number of anilines is 1. The molecule has 1 aromatic heterocycles. The molecule has 0 saturated heterocycles. The van der Waals surface area contributed by atoms with Crippen LogP contribution in [-0.4, -0.2) is 23.4 Å². The summed E-state index contributed by atoms with van der Waals surface area (Å²) in [6.45, 7) is 1.61. The van der Waals surface area contributed by atoms with Gasteiger partial charge < -0.3 is 10.7 Å². The summed E-state index contributed by atoms with van der Waals surface area (Å²) in [6.07, 6.45) is 1.16. The van der Waals surface area contributed by atoms with Crippen LogP contribution >= 0.6 is 12.2 Å². The monoisotopic (exact) mass is 314 g/mol. The van der Waals surface area contributed by atoms with Gasteiger partial charge in [-0.1, -0.05) is 18.3 Å². The van der Waals surface area contributed by atoms with Gasteiger partial charge in [0.25, 0.3) is 10.0 Å². The van der Waals surface area contributed by atoms with Gasteiger partial charge in [-0.05, 0) is 19.1 Å². The van der Waals surface area contributed by atoms with Crippen LogP contribution in [0, 0.1) is 12.7 Å². The molecule has 0 fully saturated rings. The van der Waals surface area contributed by atoms with E-state index >= 15 is 0 Å². The average Bonchev–Trinajstić information content (AvgIpc) is 2.75. The first-order chi connectivity index (χ1) is 9.31. The summed E-state index contributed by atoms with van der Waals surface area (Å²) in [7, 11) is -3.92. The highest BCUT2D eigenvalue weighted by molar-refractivity contribution is 7.92. The molecule has 1 heterocycles. The number of nitrogens with zero attached hydrogens (tertiary/aromatic N) is 1. The third-order valence-corrected chi connectivity index (χ3v) is 3.95. The molecule has 1 aromatic carbocycles. The first kappa shape index (κ1) is 14.4. The first-order valence-electron chi connectivity index (χ1n) is 5.44. The Morgan fingerprint density at radius 3 is 2.75 bits per heavy atom. The number of nitrogens with one attached hydrogen (secondary N) is 2. The van der Waals surface area contributed by atoms with Gasteiger partial charge >= 0.3 is 0 Å². The molecule has 4 N–H and O–H groups in total. The molecule has 0 radical (unpaired) electrons. The number of aromatic nitrogens is 2. The minimum absolute atomic E-state index is 0.0234. The molecule has 106 valence electrons. The largest absolute Gasteiger partial charge is 0.389 e. The highest BCUT2D eigenvalue weighted by Crippen LogP contribution is 2.22. The molecule has 2 rings (SSSR count). The van der Waals surface area contributed by atoms with E-state index in [1.54, 1.807) is 6.92 Å². The van der Waals surface area contributed by atoms with Crippen LogP contribution in [-0.2, 0) is 10.0 Å². The van der Waals surface area contributed by atoms with Crippen molar-refractivity contribution in [2.75, 3.05) is 4.72 Å². The van der Waals surface area contributed by atoms with E-state index in [1.807, 2.05) is 0 Å². The second-order valence-electron chi connectivity index (χ2n) is 3.97. The number of H-pyrrole nitrogens is 1. The summed E-state index contributed by atoms with van der Waals surface area (Å²) in [5.74, 6) is -0.252. The molecule has 0 atom stereocenters. The van der Waals surface area contributed by atoms with E-state index in [0.29, 0.717) is 5.82 Å². The predicted octanol–water partition coefficient (Wildman–Crippen LogP) is 1.29. The number of aryl methyl sites for hydroxylation is 1. The van der Waals surface area contributed by atoms with Crippen molar-refractivity contribution in [2.24, 2.45) is 5.73 Å².